The molecule has 33 heavy (non-hydrogen) atoms. The van der Waals surface area contributed by atoms with Gasteiger partial charge in [0, 0.05) is 0 Å². The third kappa shape index (κ3) is 4.93. The number of hydrogen-bond acceptors (Lipinski definition) is 3. The zero-order valence-corrected chi connectivity index (χ0v) is 18.4. The van der Waals surface area contributed by atoms with Gasteiger partial charge in [0.1, 0.15) is 0 Å². The quantitative estimate of drug-likeness (QED) is 0.368. The average molecular weight is 472 g/mol. The zero-order chi connectivity index (χ0) is 23.6. The van der Waals surface area contributed by atoms with Crippen LogP contribution in [0, 0.1) is 6.92 Å². The zero-order valence-electron chi connectivity index (χ0n) is 17.6. The molecule has 0 aliphatic heterocycles. The van der Waals surface area contributed by atoms with Crippen molar-refractivity contribution in [3.63, 3.8) is 0 Å². The molecule has 3 aromatic carbocycles. The molecule has 0 unspecified atom stereocenters. The monoisotopic (exact) mass is 471 g/mol. The number of rotatable bonds is 6. The molecule has 1 heterocycles. The summed E-state index contributed by atoms with van der Waals surface area (Å²) < 4.78 is 68.2. The summed E-state index contributed by atoms with van der Waals surface area (Å²) in [5.74, 6) is 0. The minimum absolute atomic E-state index is 0.0652. The summed E-state index contributed by atoms with van der Waals surface area (Å²) in [4.78, 5) is 0.131. The number of anilines is 1. The van der Waals surface area contributed by atoms with E-state index in [1.54, 1.807) is 24.3 Å². The van der Waals surface area contributed by atoms with Crippen LogP contribution in [-0.4, -0.2) is 18.2 Å². The molecular formula is C24H20F3N3O2S. The lowest BCUT2D eigenvalue weighted by Gasteiger charge is -2.23. The van der Waals surface area contributed by atoms with E-state index in [0.29, 0.717) is 11.4 Å². The number of nitrogens with zero attached hydrogens (tertiary/aromatic N) is 3. The summed E-state index contributed by atoms with van der Waals surface area (Å²) in [5.41, 5.74) is 1.60. The van der Waals surface area contributed by atoms with Gasteiger partial charge in [-0.05, 0) is 48.9 Å². The van der Waals surface area contributed by atoms with Gasteiger partial charge in [0.2, 0.25) is 0 Å². The van der Waals surface area contributed by atoms with Gasteiger partial charge >= 0.3 is 6.18 Å². The largest absolute Gasteiger partial charge is 0.416 e. The van der Waals surface area contributed by atoms with E-state index in [4.69, 9.17) is 0 Å². The predicted molar refractivity (Wildman–Crippen MR) is 120 cm³/mol. The van der Waals surface area contributed by atoms with Gasteiger partial charge in [0.25, 0.3) is 10.0 Å². The molecule has 0 atom stereocenters. The first-order valence-corrected chi connectivity index (χ1v) is 11.4. The lowest BCUT2D eigenvalue weighted by Crippen LogP contribution is -2.30. The van der Waals surface area contributed by atoms with E-state index >= 15 is 0 Å². The van der Waals surface area contributed by atoms with Crippen LogP contribution in [0.4, 0.5) is 18.9 Å². The van der Waals surface area contributed by atoms with Crippen LogP contribution in [-0.2, 0) is 22.7 Å². The highest BCUT2D eigenvalue weighted by atomic mass is 32.2. The molecule has 9 heteroatoms. The number of benzene rings is 3. The number of aromatic nitrogens is 2. The molecule has 4 aromatic rings. The van der Waals surface area contributed by atoms with Gasteiger partial charge in [-0.25, -0.2) is 13.1 Å². The first-order chi connectivity index (χ1) is 15.6. The first-order valence-electron chi connectivity index (χ1n) is 10.0. The molecule has 5 nitrogen and oxygen atoms in total. The topological polar surface area (TPSA) is 55.2 Å². The van der Waals surface area contributed by atoms with Crippen molar-refractivity contribution in [2.24, 2.45) is 0 Å². The highest BCUT2D eigenvalue weighted by molar-refractivity contribution is 7.92. The SMILES string of the molecule is Cc1ccc(S(=O)(=O)N(Cc2ccccc2)c2cnn(-c3ccc(C(F)(F)F)cc3)c2)cc1. The van der Waals surface area contributed by atoms with Gasteiger partial charge in [-0.1, -0.05) is 48.0 Å². The predicted octanol–water partition coefficient (Wildman–Crippen LogP) is 5.60. The second-order valence-electron chi connectivity index (χ2n) is 7.50. The molecule has 0 saturated carbocycles. The molecule has 1 aromatic heterocycles. The Balaban J connectivity index is 1.72. The molecule has 4 rings (SSSR count). The van der Waals surface area contributed by atoms with Crippen LogP contribution in [0.1, 0.15) is 16.7 Å². The molecule has 170 valence electrons. The summed E-state index contributed by atoms with van der Waals surface area (Å²) in [6, 6.07) is 20.1. The van der Waals surface area contributed by atoms with Crippen molar-refractivity contribution in [2.75, 3.05) is 4.31 Å². The van der Waals surface area contributed by atoms with Gasteiger partial charge in [-0.3, -0.25) is 4.31 Å². The van der Waals surface area contributed by atoms with Crippen molar-refractivity contribution in [2.45, 2.75) is 24.5 Å². The lowest BCUT2D eigenvalue weighted by atomic mass is 10.2. The van der Waals surface area contributed by atoms with Crippen molar-refractivity contribution in [1.29, 1.82) is 0 Å². The maximum absolute atomic E-state index is 13.5. The van der Waals surface area contributed by atoms with E-state index in [1.165, 1.54) is 33.5 Å². The fourth-order valence-corrected chi connectivity index (χ4v) is 4.71. The normalized spacial score (nSPS) is 12.0. The highest BCUT2D eigenvalue weighted by Crippen LogP contribution is 2.30. The van der Waals surface area contributed by atoms with E-state index in [1.807, 2.05) is 37.3 Å². The number of halogens is 3. The van der Waals surface area contributed by atoms with Crippen molar-refractivity contribution < 1.29 is 21.6 Å². The van der Waals surface area contributed by atoms with Gasteiger partial charge in [-0.15, -0.1) is 0 Å². The summed E-state index contributed by atoms with van der Waals surface area (Å²) in [7, 11) is -3.93. The van der Waals surface area contributed by atoms with Gasteiger partial charge in [0.05, 0.1) is 40.8 Å². The Labute approximate surface area is 189 Å². The molecule has 0 aliphatic rings. The molecule has 0 N–H and O–H groups in total. The Bertz CT molecular complexity index is 1330. The maximum Gasteiger partial charge on any atom is 0.416 e. The molecule has 0 bridgehead atoms. The Morgan fingerprint density at radius 2 is 1.55 bits per heavy atom. The molecular weight excluding hydrogens is 451 g/mol. The molecule has 0 fully saturated rings. The standard InChI is InChI=1S/C24H20F3N3O2S/c1-18-7-13-23(14-8-18)33(31,32)30(16-19-5-3-2-4-6-19)22-15-28-29(17-22)21-11-9-20(10-12-21)24(25,26)27/h2-15,17H,16H2,1H3. The van der Waals surface area contributed by atoms with E-state index in [2.05, 4.69) is 5.10 Å². The van der Waals surface area contributed by atoms with Crippen molar-refractivity contribution in [3.8, 4) is 5.69 Å². The van der Waals surface area contributed by atoms with Crippen LogP contribution in [0.3, 0.4) is 0 Å². The molecule has 0 amide bonds. The fraction of sp³-hybridized carbons (Fsp3) is 0.125. The summed E-state index contributed by atoms with van der Waals surface area (Å²) >= 11 is 0. The second-order valence-corrected chi connectivity index (χ2v) is 9.36. The van der Waals surface area contributed by atoms with Crippen LogP contribution in [0.25, 0.3) is 5.69 Å². The average Bonchev–Trinajstić information content (AvgIpc) is 3.28. The smallest absolute Gasteiger partial charge is 0.259 e. The van der Waals surface area contributed by atoms with Crippen LogP contribution in [0.5, 0.6) is 0 Å². The molecule has 0 saturated heterocycles. The van der Waals surface area contributed by atoms with Gasteiger partial charge in [-0.2, -0.15) is 18.3 Å². The second kappa shape index (κ2) is 8.74. The van der Waals surface area contributed by atoms with Crippen molar-refractivity contribution in [1.82, 2.24) is 9.78 Å². The van der Waals surface area contributed by atoms with Gasteiger partial charge in [0.15, 0.2) is 0 Å². The van der Waals surface area contributed by atoms with Crippen molar-refractivity contribution >= 4 is 15.7 Å². The summed E-state index contributed by atoms with van der Waals surface area (Å²) in [6.07, 6.45) is -1.58. The summed E-state index contributed by atoms with van der Waals surface area (Å²) in [6.45, 7) is 1.93. The third-order valence-corrected chi connectivity index (χ3v) is 6.88. The van der Waals surface area contributed by atoms with E-state index in [9.17, 15) is 21.6 Å². The number of hydrogen-bond donors (Lipinski definition) is 0. The Kier molecular flexibility index (Phi) is 5.99. The maximum atomic E-state index is 13.5. The minimum atomic E-state index is -4.44. The van der Waals surface area contributed by atoms with Crippen LogP contribution < -0.4 is 4.31 Å². The van der Waals surface area contributed by atoms with Crippen LogP contribution in [0.15, 0.2) is 96.2 Å². The van der Waals surface area contributed by atoms with Crippen LogP contribution >= 0.6 is 0 Å². The van der Waals surface area contributed by atoms with E-state index in [-0.39, 0.29) is 11.4 Å². The molecule has 0 spiro atoms. The molecule has 0 aliphatic carbocycles. The Hall–Kier alpha value is -3.59. The van der Waals surface area contributed by atoms with E-state index in [0.717, 1.165) is 23.3 Å². The van der Waals surface area contributed by atoms with E-state index < -0.39 is 21.8 Å². The lowest BCUT2D eigenvalue weighted by molar-refractivity contribution is -0.137. The number of sulfonamides is 1. The number of alkyl halides is 3. The first kappa shape index (κ1) is 22.6. The fourth-order valence-electron chi connectivity index (χ4n) is 3.29. The Morgan fingerprint density at radius 3 is 2.15 bits per heavy atom. The van der Waals surface area contributed by atoms with Gasteiger partial charge < -0.3 is 0 Å². The number of aryl methyl sites for hydroxylation is 1. The van der Waals surface area contributed by atoms with Crippen LogP contribution in [0.2, 0.25) is 0 Å². The Morgan fingerprint density at radius 1 is 0.909 bits per heavy atom. The molecule has 0 radical (unpaired) electrons. The van der Waals surface area contributed by atoms with Crippen molar-refractivity contribution in [3.05, 3.63) is 108 Å². The highest BCUT2D eigenvalue weighted by Gasteiger charge is 2.30. The summed E-state index contributed by atoms with van der Waals surface area (Å²) in [5, 5.41) is 4.19. The minimum Gasteiger partial charge on any atom is -0.259 e. The third-order valence-electron chi connectivity index (χ3n) is 5.09.